The third-order valence-corrected chi connectivity index (χ3v) is 5.37. The minimum atomic E-state index is 0.0774. The van der Waals surface area contributed by atoms with Crippen molar-refractivity contribution in [1.82, 2.24) is 9.88 Å². The molecule has 1 amide bonds. The lowest BCUT2D eigenvalue weighted by Crippen LogP contribution is -2.39. The summed E-state index contributed by atoms with van der Waals surface area (Å²) < 4.78 is 0. The van der Waals surface area contributed by atoms with Crippen LogP contribution >= 0.6 is 11.3 Å². The molecule has 1 aliphatic heterocycles. The van der Waals surface area contributed by atoms with Crippen LogP contribution < -0.4 is 0 Å². The van der Waals surface area contributed by atoms with Crippen LogP contribution in [0.5, 0.6) is 0 Å². The van der Waals surface area contributed by atoms with E-state index in [0.29, 0.717) is 5.92 Å². The number of amides is 1. The van der Waals surface area contributed by atoms with Crippen LogP contribution in [0.4, 0.5) is 0 Å². The Balaban J connectivity index is 1.78. The molecule has 1 N–H and O–H groups in total. The van der Waals surface area contributed by atoms with Gasteiger partial charge in [0.05, 0.1) is 5.69 Å². The van der Waals surface area contributed by atoms with Crippen LogP contribution in [0, 0.1) is 12.8 Å². The molecule has 0 unspecified atom stereocenters. The van der Waals surface area contributed by atoms with Gasteiger partial charge in [0.1, 0.15) is 9.88 Å². The zero-order valence-electron chi connectivity index (χ0n) is 12.7. The number of hydrogen-bond acceptors (Lipinski definition) is 4. The number of aliphatic hydroxyl groups excluding tert-OH is 1. The number of carbonyl (C=O) groups is 1. The number of aryl methyl sites for hydroxylation is 1. The molecule has 1 aromatic carbocycles. The first-order valence-corrected chi connectivity index (χ1v) is 8.43. The monoisotopic (exact) mass is 316 g/mol. The summed E-state index contributed by atoms with van der Waals surface area (Å²) >= 11 is 1.47. The molecule has 4 nitrogen and oxygen atoms in total. The highest BCUT2D eigenvalue weighted by Gasteiger charge is 2.26. The number of piperidine rings is 1. The van der Waals surface area contributed by atoms with Crippen LogP contribution in [0.2, 0.25) is 0 Å². The number of thiazole rings is 1. The third-order valence-electron chi connectivity index (χ3n) is 4.17. The predicted octanol–water partition coefficient (Wildman–Crippen LogP) is 2.96. The molecule has 2 aromatic rings. The van der Waals surface area contributed by atoms with E-state index in [9.17, 15) is 9.90 Å². The molecule has 1 aromatic heterocycles. The number of hydrogen-bond donors (Lipinski definition) is 1. The highest BCUT2D eigenvalue weighted by atomic mass is 32.1. The molecule has 1 saturated heterocycles. The maximum Gasteiger partial charge on any atom is 0.265 e. The van der Waals surface area contributed by atoms with Gasteiger partial charge in [-0.2, -0.15) is 0 Å². The molecule has 0 saturated carbocycles. The van der Waals surface area contributed by atoms with Gasteiger partial charge in [-0.15, -0.1) is 11.3 Å². The van der Waals surface area contributed by atoms with Gasteiger partial charge in [-0.25, -0.2) is 4.98 Å². The number of nitrogens with zero attached hydrogens (tertiary/aromatic N) is 2. The summed E-state index contributed by atoms with van der Waals surface area (Å²) in [7, 11) is 0. The second kappa shape index (κ2) is 6.58. The van der Waals surface area contributed by atoms with Crippen molar-refractivity contribution in [2.75, 3.05) is 19.7 Å². The van der Waals surface area contributed by atoms with Gasteiger partial charge >= 0.3 is 0 Å². The van der Waals surface area contributed by atoms with E-state index in [-0.39, 0.29) is 12.5 Å². The first-order valence-electron chi connectivity index (χ1n) is 7.62. The number of rotatable bonds is 3. The van der Waals surface area contributed by atoms with E-state index in [1.807, 2.05) is 42.2 Å². The minimum Gasteiger partial charge on any atom is -0.396 e. The maximum atomic E-state index is 12.7. The number of likely N-dealkylation sites (tertiary alicyclic amines) is 1. The third kappa shape index (κ3) is 3.05. The van der Waals surface area contributed by atoms with Crippen molar-refractivity contribution in [2.45, 2.75) is 19.8 Å². The van der Waals surface area contributed by atoms with Crippen molar-refractivity contribution >= 4 is 17.2 Å². The molecule has 116 valence electrons. The predicted molar refractivity (Wildman–Crippen MR) is 88.0 cm³/mol. The van der Waals surface area contributed by atoms with E-state index < -0.39 is 0 Å². The molecule has 2 heterocycles. The zero-order valence-corrected chi connectivity index (χ0v) is 13.5. The van der Waals surface area contributed by atoms with E-state index in [1.54, 1.807) is 0 Å². The van der Waals surface area contributed by atoms with Crippen molar-refractivity contribution in [3.05, 3.63) is 40.9 Å². The Bertz CT molecular complexity index is 646. The summed E-state index contributed by atoms with van der Waals surface area (Å²) in [5, 5.41) is 10.1. The normalized spacial score (nSPS) is 16.0. The van der Waals surface area contributed by atoms with E-state index in [0.717, 1.165) is 47.1 Å². The van der Waals surface area contributed by atoms with Crippen LogP contribution in [0.1, 0.15) is 28.2 Å². The summed E-state index contributed by atoms with van der Waals surface area (Å²) in [6.45, 7) is 3.57. The van der Waals surface area contributed by atoms with Crippen LogP contribution in [0.3, 0.4) is 0 Å². The Labute approximate surface area is 134 Å². The lowest BCUT2D eigenvalue weighted by molar-refractivity contribution is 0.0654. The Morgan fingerprint density at radius 2 is 2.00 bits per heavy atom. The molecular weight excluding hydrogens is 296 g/mol. The SMILES string of the molecule is Cc1nc(-c2ccccc2)sc1C(=O)N1CCC(CO)CC1. The summed E-state index contributed by atoms with van der Waals surface area (Å²) in [6, 6.07) is 9.96. The van der Waals surface area contributed by atoms with Gasteiger partial charge in [0, 0.05) is 25.3 Å². The Kier molecular flexibility index (Phi) is 4.55. The average molecular weight is 316 g/mol. The molecule has 1 fully saturated rings. The van der Waals surface area contributed by atoms with Gasteiger partial charge in [-0.05, 0) is 25.7 Å². The average Bonchev–Trinajstić information content (AvgIpc) is 2.97. The molecule has 1 aliphatic rings. The molecule has 0 aliphatic carbocycles. The lowest BCUT2D eigenvalue weighted by atomic mass is 9.98. The van der Waals surface area contributed by atoms with Gasteiger partial charge in [-0.1, -0.05) is 30.3 Å². The minimum absolute atomic E-state index is 0.0774. The lowest BCUT2D eigenvalue weighted by Gasteiger charge is -2.30. The summed E-state index contributed by atoms with van der Waals surface area (Å²) in [5.74, 6) is 0.417. The second-order valence-corrected chi connectivity index (χ2v) is 6.72. The van der Waals surface area contributed by atoms with Gasteiger partial charge in [0.15, 0.2) is 0 Å². The smallest absolute Gasteiger partial charge is 0.265 e. The van der Waals surface area contributed by atoms with Crippen LogP contribution in [0.25, 0.3) is 10.6 Å². The molecule has 0 spiro atoms. The van der Waals surface area contributed by atoms with Crippen LogP contribution in [-0.4, -0.2) is 40.6 Å². The van der Waals surface area contributed by atoms with Gasteiger partial charge in [0.25, 0.3) is 5.91 Å². The Morgan fingerprint density at radius 1 is 1.32 bits per heavy atom. The zero-order chi connectivity index (χ0) is 15.5. The van der Waals surface area contributed by atoms with Crippen molar-refractivity contribution in [3.8, 4) is 10.6 Å². The van der Waals surface area contributed by atoms with Crippen molar-refractivity contribution in [3.63, 3.8) is 0 Å². The fourth-order valence-electron chi connectivity index (χ4n) is 2.76. The van der Waals surface area contributed by atoms with Gasteiger partial charge in [-0.3, -0.25) is 4.79 Å². The van der Waals surface area contributed by atoms with E-state index in [4.69, 9.17) is 0 Å². The van der Waals surface area contributed by atoms with E-state index in [2.05, 4.69) is 4.98 Å². The molecule has 5 heteroatoms. The highest BCUT2D eigenvalue weighted by Crippen LogP contribution is 2.29. The molecule has 0 radical (unpaired) electrons. The van der Waals surface area contributed by atoms with Crippen molar-refractivity contribution in [2.24, 2.45) is 5.92 Å². The topological polar surface area (TPSA) is 53.4 Å². The quantitative estimate of drug-likeness (QED) is 0.947. The summed E-state index contributed by atoms with van der Waals surface area (Å²) in [4.78, 5) is 19.9. The largest absolute Gasteiger partial charge is 0.396 e. The summed E-state index contributed by atoms with van der Waals surface area (Å²) in [5.41, 5.74) is 1.85. The fourth-order valence-corrected chi connectivity index (χ4v) is 3.80. The van der Waals surface area contributed by atoms with Crippen molar-refractivity contribution in [1.29, 1.82) is 0 Å². The molecular formula is C17H20N2O2S. The Morgan fingerprint density at radius 3 is 2.64 bits per heavy atom. The van der Waals surface area contributed by atoms with E-state index >= 15 is 0 Å². The number of carbonyl (C=O) groups excluding carboxylic acids is 1. The van der Waals surface area contributed by atoms with Crippen molar-refractivity contribution < 1.29 is 9.90 Å². The summed E-state index contributed by atoms with van der Waals surface area (Å²) in [6.07, 6.45) is 1.76. The van der Waals surface area contributed by atoms with Crippen LogP contribution in [-0.2, 0) is 0 Å². The number of aromatic nitrogens is 1. The number of aliphatic hydroxyl groups is 1. The molecule has 22 heavy (non-hydrogen) atoms. The first-order chi connectivity index (χ1) is 10.7. The maximum absolute atomic E-state index is 12.7. The van der Waals surface area contributed by atoms with E-state index in [1.165, 1.54) is 11.3 Å². The van der Waals surface area contributed by atoms with Crippen LogP contribution in [0.15, 0.2) is 30.3 Å². The second-order valence-electron chi connectivity index (χ2n) is 5.72. The highest BCUT2D eigenvalue weighted by molar-refractivity contribution is 7.17. The molecule has 3 rings (SSSR count). The first kappa shape index (κ1) is 15.2. The number of benzene rings is 1. The Hall–Kier alpha value is -1.72. The van der Waals surface area contributed by atoms with Gasteiger partial charge in [0.2, 0.25) is 0 Å². The molecule has 0 atom stereocenters. The standard InChI is InChI=1S/C17H20N2O2S/c1-12-15(17(21)19-9-7-13(11-20)8-10-19)22-16(18-12)14-5-3-2-4-6-14/h2-6,13,20H,7-11H2,1H3. The fraction of sp³-hybridized carbons (Fsp3) is 0.412. The molecule has 0 bridgehead atoms. The van der Waals surface area contributed by atoms with Gasteiger partial charge < -0.3 is 10.0 Å².